The third-order valence-electron chi connectivity index (χ3n) is 7.54. The lowest BCUT2D eigenvalue weighted by atomic mass is 9.69. The summed E-state index contributed by atoms with van der Waals surface area (Å²) in [6, 6.07) is -0.189. The zero-order valence-electron chi connectivity index (χ0n) is 15.6. The highest BCUT2D eigenvalue weighted by Gasteiger charge is 2.72. The number of allylic oxidation sites excluding steroid dienone is 1. The van der Waals surface area contributed by atoms with Crippen LogP contribution in [0.4, 0.5) is 0 Å². The van der Waals surface area contributed by atoms with Crippen molar-refractivity contribution in [1.82, 2.24) is 4.31 Å². The summed E-state index contributed by atoms with van der Waals surface area (Å²) in [6.07, 6.45) is 7.22. The van der Waals surface area contributed by atoms with Crippen LogP contribution in [-0.4, -0.2) is 36.7 Å². The molecule has 5 atom stereocenters. The lowest BCUT2D eigenvalue weighted by molar-refractivity contribution is -0.124. The molecule has 1 aliphatic heterocycles. The van der Waals surface area contributed by atoms with E-state index >= 15 is 0 Å². The van der Waals surface area contributed by atoms with Gasteiger partial charge in [-0.05, 0) is 42.4 Å². The second-order valence-corrected chi connectivity index (χ2v) is 10.7. The number of sulfonamides is 1. The van der Waals surface area contributed by atoms with Crippen LogP contribution in [0.2, 0.25) is 0 Å². The van der Waals surface area contributed by atoms with Crippen molar-refractivity contribution < 1.29 is 18.0 Å². The first kappa shape index (κ1) is 18.6. The third-order valence-corrected chi connectivity index (χ3v) is 9.45. The largest absolute Gasteiger partial charge is 0.303 e. The third kappa shape index (κ3) is 2.59. The number of hydrogen-bond acceptors (Lipinski definition) is 4. The molecule has 1 heterocycles. The molecule has 0 aromatic heterocycles. The van der Waals surface area contributed by atoms with Crippen LogP contribution in [0.1, 0.15) is 53.4 Å². The first-order chi connectivity index (χ1) is 11.6. The zero-order chi connectivity index (χ0) is 18.6. The number of hydrogen-bond donors (Lipinski definition) is 0. The number of aldehydes is 1. The van der Waals surface area contributed by atoms with Gasteiger partial charge >= 0.3 is 0 Å². The summed E-state index contributed by atoms with van der Waals surface area (Å²) >= 11 is 0. The van der Waals surface area contributed by atoms with Gasteiger partial charge in [0, 0.05) is 17.9 Å². The molecule has 6 heteroatoms. The van der Waals surface area contributed by atoms with E-state index < -0.39 is 15.9 Å². The summed E-state index contributed by atoms with van der Waals surface area (Å²) in [5.74, 6) is 0.355. The Hall–Kier alpha value is -1.17. The molecule has 2 aliphatic carbocycles. The molecule has 3 rings (SSSR count). The SMILES string of the molecule is C[C@@H](/C=C/C(=O)N1[C@@H]2C[C@H]3CC[C@]2(CS1(=O)=O)C3(C)C)[C@@H](C)CC=O. The van der Waals surface area contributed by atoms with Crippen molar-refractivity contribution in [3.05, 3.63) is 12.2 Å². The Labute approximate surface area is 150 Å². The summed E-state index contributed by atoms with van der Waals surface area (Å²) in [6.45, 7) is 8.24. The molecule has 0 aromatic rings. The van der Waals surface area contributed by atoms with Gasteiger partial charge in [0.15, 0.2) is 0 Å². The van der Waals surface area contributed by atoms with Gasteiger partial charge in [-0.1, -0.05) is 33.8 Å². The van der Waals surface area contributed by atoms with E-state index in [1.54, 1.807) is 6.08 Å². The standard InChI is InChI=1S/C19H29NO4S/c1-13(14(2)8-10-21)5-6-17(22)20-16-11-15-7-9-19(16,18(15,3)4)12-25(20,23)24/h5-6,10,13-16H,7-9,11-12H2,1-4H3/b6-5+/t13-,14-,15+,16+,19+/m0/s1. The van der Waals surface area contributed by atoms with Crippen molar-refractivity contribution in [2.75, 3.05) is 5.75 Å². The van der Waals surface area contributed by atoms with Gasteiger partial charge in [-0.25, -0.2) is 12.7 Å². The molecule has 0 N–H and O–H groups in total. The smallest absolute Gasteiger partial charge is 0.260 e. The van der Waals surface area contributed by atoms with Crippen LogP contribution in [0.5, 0.6) is 0 Å². The molecule has 3 aliphatic rings. The molecular weight excluding hydrogens is 338 g/mol. The molecule has 25 heavy (non-hydrogen) atoms. The Morgan fingerprint density at radius 1 is 1.32 bits per heavy atom. The van der Waals surface area contributed by atoms with Crippen molar-refractivity contribution in [3.63, 3.8) is 0 Å². The van der Waals surface area contributed by atoms with Gasteiger partial charge in [-0.15, -0.1) is 0 Å². The molecule has 140 valence electrons. The minimum absolute atomic E-state index is 0.0325. The van der Waals surface area contributed by atoms with E-state index in [4.69, 9.17) is 0 Å². The number of nitrogens with zero attached hydrogens (tertiary/aromatic N) is 1. The Balaban J connectivity index is 1.83. The fourth-order valence-corrected chi connectivity index (χ4v) is 7.95. The van der Waals surface area contributed by atoms with Crippen LogP contribution >= 0.6 is 0 Å². The lowest BCUT2D eigenvalue weighted by Crippen LogP contribution is -2.43. The highest BCUT2D eigenvalue weighted by atomic mass is 32.2. The van der Waals surface area contributed by atoms with Gasteiger partial charge < -0.3 is 4.79 Å². The van der Waals surface area contributed by atoms with Crippen molar-refractivity contribution in [3.8, 4) is 0 Å². The van der Waals surface area contributed by atoms with Gasteiger partial charge in [0.05, 0.1) is 11.8 Å². The molecule has 0 aromatic carbocycles. The molecule has 2 bridgehead atoms. The van der Waals surface area contributed by atoms with Gasteiger partial charge in [0.2, 0.25) is 10.0 Å². The Morgan fingerprint density at radius 2 is 2.00 bits per heavy atom. The van der Waals surface area contributed by atoms with Crippen molar-refractivity contribution in [2.24, 2.45) is 28.6 Å². The molecule has 5 nitrogen and oxygen atoms in total. The molecule has 1 saturated heterocycles. The van der Waals surface area contributed by atoms with E-state index in [-0.39, 0.29) is 34.5 Å². The Kier molecular flexibility index (Phi) is 4.42. The highest BCUT2D eigenvalue weighted by Crippen LogP contribution is 2.69. The van der Waals surface area contributed by atoms with Gasteiger partial charge in [-0.2, -0.15) is 0 Å². The average Bonchev–Trinajstić information content (AvgIpc) is 2.99. The maximum absolute atomic E-state index is 12.8. The molecular formula is C19H29NO4S. The normalized spacial score (nSPS) is 37.2. The topological polar surface area (TPSA) is 71.5 Å². The highest BCUT2D eigenvalue weighted by molar-refractivity contribution is 7.90. The fraction of sp³-hybridized carbons (Fsp3) is 0.789. The van der Waals surface area contributed by atoms with Gasteiger partial charge in [0.1, 0.15) is 6.29 Å². The maximum atomic E-state index is 12.8. The maximum Gasteiger partial charge on any atom is 0.260 e. The van der Waals surface area contributed by atoms with E-state index in [2.05, 4.69) is 13.8 Å². The number of amides is 1. The Morgan fingerprint density at radius 3 is 2.60 bits per heavy atom. The van der Waals surface area contributed by atoms with E-state index in [1.165, 1.54) is 10.4 Å². The van der Waals surface area contributed by atoms with Crippen LogP contribution in [-0.2, 0) is 19.6 Å². The van der Waals surface area contributed by atoms with Crippen LogP contribution in [0.25, 0.3) is 0 Å². The van der Waals surface area contributed by atoms with Gasteiger partial charge in [0.25, 0.3) is 5.91 Å². The predicted octanol–water partition coefficient (Wildman–Crippen LogP) is 2.77. The molecule has 2 saturated carbocycles. The molecule has 1 spiro atoms. The van der Waals surface area contributed by atoms with Crippen molar-refractivity contribution in [2.45, 2.75) is 59.4 Å². The van der Waals surface area contributed by atoms with E-state index in [0.717, 1.165) is 25.5 Å². The lowest BCUT2D eigenvalue weighted by Gasteiger charge is -2.36. The summed E-state index contributed by atoms with van der Waals surface area (Å²) in [4.78, 5) is 23.4. The number of fused-ring (bicyclic) bond motifs is 1. The van der Waals surface area contributed by atoms with Crippen LogP contribution in [0, 0.1) is 28.6 Å². The quantitative estimate of drug-likeness (QED) is 0.553. The second kappa shape index (κ2) is 5.93. The number of rotatable bonds is 5. The zero-order valence-corrected chi connectivity index (χ0v) is 16.4. The summed E-state index contributed by atoms with van der Waals surface area (Å²) in [5, 5.41) is 0. The average molecular weight is 368 g/mol. The molecule has 1 amide bonds. The number of carbonyl (C=O) groups is 2. The summed E-state index contributed by atoms with van der Waals surface area (Å²) in [7, 11) is -3.56. The Bertz CT molecular complexity index is 711. The monoisotopic (exact) mass is 367 g/mol. The molecule has 0 radical (unpaired) electrons. The number of carbonyl (C=O) groups excluding carboxylic acids is 2. The minimum Gasteiger partial charge on any atom is -0.303 e. The second-order valence-electron chi connectivity index (χ2n) is 8.85. The van der Waals surface area contributed by atoms with Gasteiger partial charge in [-0.3, -0.25) is 4.79 Å². The van der Waals surface area contributed by atoms with E-state index in [0.29, 0.717) is 12.3 Å². The fourth-order valence-electron chi connectivity index (χ4n) is 5.44. The van der Waals surface area contributed by atoms with Crippen LogP contribution < -0.4 is 0 Å². The summed E-state index contributed by atoms with van der Waals surface area (Å²) < 4.78 is 26.8. The first-order valence-corrected chi connectivity index (χ1v) is 10.9. The van der Waals surface area contributed by atoms with Crippen molar-refractivity contribution in [1.29, 1.82) is 0 Å². The van der Waals surface area contributed by atoms with Crippen LogP contribution in [0.3, 0.4) is 0 Å². The van der Waals surface area contributed by atoms with Crippen molar-refractivity contribution >= 4 is 22.2 Å². The summed E-state index contributed by atoms with van der Waals surface area (Å²) in [5.41, 5.74) is -0.314. The van der Waals surface area contributed by atoms with E-state index in [1.807, 2.05) is 13.8 Å². The predicted molar refractivity (Wildman–Crippen MR) is 96.1 cm³/mol. The molecule has 0 unspecified atom stereocenters. The minimum atomic E-state index is -3.56. The molecule has 3 fully saturated rings. The van der Waals surface area contributed by atoms with Crippen LogP contribution in [0.15, 0.2) is 12.2 Å². The first-order valence-electron chi connectivity index (χ1n) is 9.25. The van der Waals surface area contributed by atoms with E-state index in [9.17, 15) is 18.0 Å².